The lowest BCUT2D eigenvalue weighted by atomic mass is 10.2. The Hall–Kier alpha value is -1.70. The molecule has 0 aliphatic carbocycles. The smallest absolute Gasteiger partial charge is 0.258 e. The lowest BCUT2D eigenvalue weighted by molar-refractivity contribution is -0.387. The van der Waals surface area contributed by atoms with E-state index in [9.17, 15) is 26.9 Å². The standard InChI is InChI=1S/C9H7ClN2O6S2/c10-20(17,18)4-3-19(15,16)9-2-1-7(6-11)5-8(9)12(13)14/h1-2,5H,3-4H2. The average molecular weight is 339 g/mol. The predicted octanol–water partition coefficient (Wildman–Crippen LogP) is 0.809. The first-order valence-electron chi connectivity index (χ1n) is 4.90. The fourth-order valence-electron chi connectivity index (χ4n) is 1.31. The van der Waals surface area contributed by atoms with E-state index in [4.69, 9.17) is 15.9 Å². The van der Waals surface area contributed by atoms with E-state index in [1.54, 1.807) is 6.07 Å². The van der Waals surface area contributed by atoms with Crippen LogP contribution in [0, 0.1) is 21.4 Å². The predicted molar refractivity (Wildman–Crippen MR) is 69.5 cm³/mol. The van der Waals surface area contributed by atoms with Crippen LogP contribution < -0.4 is 0 Å². The Morgan fingerprint density at radius 1 is 1.25 bits per heavy atom. The zero-order valence-electron chi connectivity index (χ0n) is 9.68. The van der Waals surface area contributed by atoms with E-state index in [1.165, 1.54) is 0 Å². The Kier molecular flexibility index (Phi) is 4.69. The van der Waals surface area contributed by atoms with Crippen molar-refractivity contribution < 1.29 is 21.8 Å². The van der Waals surface area contributed by atoms with Crippen LogP contribution in [0.3, 0.4) is 0 Å². The van der Waals surface area contributed by atoms with Crippen LogP contribution in [0.5, 0.6) is 0 Å². The Morgan fingerprint density at radius 3 is 2.30 bits per heavy atom. The molecule has 0 heterocycles. The van der Waals surface area contributed by atoms with Gasteiger partial charge in [0.1, 0.15) is 4.90 Å². The number of nitrogens with zero attached hydrogens (tertiary/aromatic N) is 2. The summed E-state index contributed by atoms with van der Waals surface area (Å²) in [6, 6.07) is 4.44. The van der Waals surface area contributed by atoms with Gasteiger partial charge in [-0.2, -0.15) is 5.26 Å². The summed E-state index contributed by atoms with van der Waals surface area (Å²) in [5.41, 5.74) is -0.864. The van der Waals surface area contributed by atoms with Gasteiger partial charge in [0.05, 0.1) is 28.1 Å². The van der Waals surface area contributed by atoms with Crippen molar-refractivity contribution in [3.63, 3.8) is 0 Å². The van der Waals surface area contributed by atoms with Gasteiger partial charge in [0.2, 0.25) is 9.05 Å². The number of benzene rings is 1. The maximum absolute atomic E-state index is 11.9. The van der Waals surface area contributed by atoms with E-state index < -0.39 is 45.9 Å². The second kappa shape index (κ2) is 5.74. The molecule has 1 rings (SSSR count). The van der Waals surface area contributed by atoms with Crippen LogP contribution in [0.25, 0.3) is 0 Å². The quantitative estimate of drug-likeness (QED) is 0.440. The number of nitro benzene ring substituents is 1. The van der Waals surface area contributed by atoms with Crippen molar-refractivity contribution in [3.8, 4) is 6.07 Å². The van der Waals surface area contributed by atoms with Gasteiger partial charge in [0.25, 0.3) is 5.69 Å². The van der Waals surface area contributed by atoms with Crippen molar-refractivity contribution in [2.45, 2.75) is 4.90 Å². The summed E-state index contributed by atoms with van der Waals surface area (Å²) in [5.74, 6) is -1.75. The highest BCUT2D eigenvalue weighted by Crippen LogP contribution is 2.26. The summed E-state index contributed by atoms with van der Waals surface area (Å²) in [7, 11) is -3.34. The van der Waals surface area contributed by atoms with Crippen LogP contribution >= 0.6 is 10.7 Å². The summed E-state index contributed by atoms with van der Waals surface area (Å²) in [6.45, 7) is 0. The van der Waals surface area contributed by atoms with Crippen molar-refractivity contribution in [1.82, 2.24) is 0 Å². The number of hydrogen-bond donors (Lipinski definition) is 0. The Bertz CT molecular complexity index is 794. The molecule has 0 aliphatic heterocycles. The van der Waals surface area contributed by atoms with Crippen LogP contribution in [-0.2, 0) is 18.9 Å². The van der Waals surface area contributed by atoms with Crippen LogP contribution in [0.1, 0.15) is 5.56 Å². The van der Waals surface area contributed by atoms with Gasteiger partial charge in [-0.25, -0.2) is 16.8 Å². The largest absolute Gasteiger partial charge is 0.289 e. The van der Waals surface area contributed by atoms with Crippen molar-refractivity contribution in [1.29, 1.82) is 5.26 Å². The second-order valence-electron chi connectivity index (χ2n) is 3.61. The molecule has 8 nitrogen and oxygen atoms in total. The molecule has 1 aromatic rings. The molecule has 1 aromatic carbocycles. The number of nitro groups is 1. The number of hydrogen-bond acceptors (Lipinski definition) is 7. The summed E-state index contributed by atoms with van der Waals surface area (Å²) in [6.07, 6.45) is 0. The highest BCUT2D eigenvalue weighted by atomic mass is 35.7. The van der Waals surface area contributed by atoms with E-state index in [1.807, 2.05) is 0 Å². The minimum absolute atomic E-state index is 0.0828. The molecule has 0 aromatic heterocycles. The highest BCUT2D eigenvalue weighted by molar-refractivity contribution is 8.14. The molecule has 0 atom stereocenters. The Labute approximate surface area is 119 Å². The molecular formula is C9H7ClN2O6S2. The van der Waals surface area contributed by atoms with E-state index in [0.717, 1.165) is 18.2 Å². The van der Waals surface area contributed by atoms with Gasteiger partial charge < -0.3 is 0 Å². The van der Waals surface area contributed by atoms with E-state index in [2.05, 4.69) is 0 Å². The van der Waals surface area contributed by atoms with Crippen molar-refractivity contribution >= 4 is 35.3 Å². The molecule has 0 spiro atoms. The highest BCUT2D eigenvalue weighted by Gasteiger charge is 2.27. The third kappa shape index (κ3) is 4.16. The second-order valence-corrected chi connectivity index (χ2v) is 8.59. The van der Waals surface area contributed by atoms with Crippen LogP contribution in [0.2, 0.25) is 0 Å². The number of halogens is 1. The maximum Gasteiger partial charge on any atom is 0.289 e. The molecule has 0 amide bonds. The molecule has 11 heteroatoms. The van der Waals surface area contributed by atoms with Gasteiger partial charge in [0, 0.05) is 16.7 Å². The molecule has 20 heavy (non-hydrogen) atoms. The van der Waals surface area contributed by atoms with Gasteiger partial charge in [0.15, 0.2) is 9.84 Å². The number of rotatable bonds is 5. The SMILES string of the molecule is N#Cc1ccc(S(=O)(=O)CCS(=O)(=O)Cl)c([N+](=O)[O-])c1. The molecule has 0 N–H and O–H groups in total. The van der Waals surface area contributed by atoms with Gasteiger partial charge in [-0.05, 0) is 12.1 Å². The van der Waals surface area contributed by atoms with Gasteiger partial charge in [-0.1, -0.05) is 0 Å². The number of nitriles is 1. The van der Waals surface area contributed by atoms with Gasteiger partial charge >= 0.3 is 0 Å². The zero-order valence-corrected chi connectivity index (χ0v) is 12.1. The fraction of sp³-hybridized carbons (Fsp3) is 0.222. The molecule has 0 bridgehead atoms. The maximum atomic E-state index is 11.9. The van der Waals surface area contributed by atoms with Gasteiger partial charge in [-0.3, -0.25) is 10.1 Å². The third-order valence-electron chi connectivity index (χ3n) is 2.22. The normalized spacial score (nSPS) is 11.8. The van der Waals surface area contributed by atoms with Crippen molar-refractivity contribution in [2.75, 3.05) is 11.5 Å². The molecule has 0 saturated carbocycles. The first kappa shape index (κ1) is 16.4. The summed E-state index contributed by atoms with van der Waals surface area (Å²) < 4.78 is 45.3. The van der Waals surface area contributed by atoms with Crippen LogP contribution in [0.4, 0.5) is 5.69 Å². The van der Waals surface area contributed by atoms with E-state index in [0.29, 0.717) is 0 Å². The minimum atomic E-state index is -4.21. The summed E-state index contributed by atoms with van der Waals surface area (Å²) in [5, 5.41) is 19.5. The minimum Gasteiger partial charge on any atom is -0.258 e. The fourth-order valence-corrected chi connectivity index (χ4v) is 4.50. The monoisotopic (exact) mass is 338 g/mol. The van der Waals surface area contributed by atoms with Crippen LogP contribution in [-0.4, -0.2) is 33.3 Å². The zero-order chi connectivity index (χ0) is 15.6. The Morgan fingerprint density at radius 2 is 1.85 bits per heavy atom. The number of sulfone groups is 1. The molecule has 0 fully saturated rings. The van der Waals surface area contributed by atoms with Crippen molar-refractivity contribution in [3.05, 3.63) is 33.9 Å². The van der Waals surface area contributed by atoms with E-state index >= 15 is 0 Å². The molecule has 0 radical (unpaired) electrons. The lowest BCUT2D eigenvalue weighted by Crippen LogP contribution is -2.15. The van der Waals surface area contributed by atoms with Crippen LogP contribution in [0.15, 0.2) is 23.1 Å². The average Bonchev–Trinajstić information content (AvgIpc) is 2.35. The van der Waals surface area contributed by atoms with Crippen molar-refractivity contribution in [2.24, 2.45) is 0 Å². The molecule has 0 unspecified atom stereocenters. The molecule has 0 aliphatic rings. The summed E-state index contributed by atoms with van der Waals surface area (Å²) in [4.78, 5) is 9.22. The third-order valence-corrected chi connectivity index (χ3v) is 5.39. The first-order chi connectivity index (χ1) is 9.07. The van der Waals surface area contributed by atoms with Gasteiger partial charge in [-0.15, -0.1) is 0 Å². The first-order valence-corrected chi connectivity index (χ1v) is 9.03. The Balaban J connectivity index is 3.32. The lowest BCUT2D eigenvalue weighted by Gasteiger charge is -2.04. The molecule has 0 saturated heterocycles. The molecular weight excluding hydrogens is 332 g/mol. The van der Waals surface area contributed by atoms with E-state index in [-0.39, 0.29) is 5.56 Å². The summed E-state index contributed by atoms with van der Waals surface area (Å²) >= 11 is 0. The topological polar surface area (TPSA) is 135 Å². The molecule has 108 valence electrons.